The summed E-state index contributed by atoms with van der Waals surface area (Å²) in [5.74, 6) is 0. The van der Waals surface area contributed by atoms with Crippen LogP contribution < -0.4 is 0 Å². The van der Waals surface area contributed by atoms with Gasteiger partial charge in [-0.2, -0.15) is 0 Å². The van der Waals surface area contributed by atoms with E-state index in [-0.39, 0.29) is 0 Å². The monoisotopic (exact) mass is 161 g/mol. The Morgan fingerprint density at radius 1 is 1.58 bits per heavy atom. The minimum Gasteiger partial charge on any atom is -0.296 e. The summed E-state index contributed by atoms with van der Waals surface area (Å²) >= 11 is 0. The number of carbonyl (C=O) groups is 1. The molecule has 0 amide bonds. The Hall–Kier alpha value is -1.71. The molecule has 12 heavy (non-hydrogen) atoms. The molecule has 0 atom stereocenters. The van der Waals surface area contributed by atoms with E-state index >= 15 is 0 Å². The van der Waals surface area contributed by atoms with Crippen molar-refractivity contribution in [2.75, 3.05) is 0 Å². The van der Waals surface area contributed by atoms with E-state index < -0.39 is 0 Å². The number of fused-ring (bicyclic) bond motifs is 1. The molecule has 0 bridgehead atoms. The van der Waals surface area contributed by atoms with Gasteiger partial charge in [0.05, 0.1) is 5.52 Å². The first-order valence-electron chi connectivity index (χ1n) is 3.58. The molecule has 0 N–H and O–H groups in total. The maximum absolute atomic E-state index is 10.5. The van der Waals surface area contributed by atoms with Crippen LogP contribution in [0.25, 0.3) is 5.52 Å². The summed E-state index contributed by atoms with van der Waals surface area (Å²) in [6.07, 6.45) is 2.49. The number of aromatic nitrogens is 3. The molecule has 0 saturated carbocycles. The molecular formula is C8H7N3O. The lowest BCUT2D eigenvalue weighted by molar-refractivity contribution is 0.112. The molecule has 2 heterocycles. The minimum absolute atomic E-state index is 0.388. The van der Waals surface area contributed by atoms with Crippen LogP contribution in [-0.2, 0) is 0 Å². The second-order valence-corrected chi connectivity index (χ2v) is 2.63. The van der Waals surface area contributed by atoms with Crippen LogP contribution >= 0.6 is 0 Å². The van der Waals surface area contributed by atoms with Gasteiger partial charge < -0.3 is 0 Å². The predicted octanol–water partition coefficient (Wildman–Crippen LogP) is 0.850. The van der Waals surface area contributed by atoms with E-state index in [1.165, 1.54) is 0 Å². The van der Waals surface area contributed by atoms with Gasteiger partial charge in [-0.05, 0) is 24.6 Å². The van der Waals surface area contributed by atoms with Crippen molar-refractivity contribution in [2.45, 2.75) is 6.92 Å². The van der Waals surface area contributed by atoms with Crippen LogP contribution in [0.1, 0.15) is 16.1 Å². The van der Waals surface area contributed by atoms with Gasteiger partial charge in [-0.25, -0.2) is 4.52 Å². The van der Waals surface area contributed by atoms with Gasteiger partial charge in [0, 0.05) is 6.20 Å². The molecule has 2 aromatic heterocycles. The smallest absolute Gasteiger partial charge is 0.172 e. The van der Waals surface area contributed by atoms with Crippen molar-refractivity contribution in [3.8, 4) is 0 Å². The average Bonchev–Trinajstić information content (AvgIpc) is 2.46. The van der Waals surface area contributed by atoms with Crippen molar-refractivity contribution in [3.63, 3.8) is 0 Å². The molecule has 0 saturated heterocycles. The second-order valence-electron chi connectivity index (χ2n) is 2.63. The number of rotatable bonds is 1. The molecule has 0 unspecified atom stereocenters. The highest BCUT2D eigenvalue weighted by Gasteiger charge is 2.03. The van der Waals surface area contributed by atoms with E-state index in [1.54, 1.807) is 10.7 Å². The maximum Gasteiger partial charge on any atom is 0.172 e. The van der Waals surface area contributed by atoms with E-state index in [0.29, 0.717) is 12.0 Å². The molecule has 4 heteroatoms. The molecule has 2 aromatic rings. The molecule has 60 valence electrons. The average molecular weight is 161 g/mol. The van der Waals surface area contributed by atoms with E-state index in [2.05, 4.69) is 10.3 Å². The summed E-state index contributed by atoms with van der Waals surface area (Å²) in [5.41, 5.74) is 2.23. The summed E-state index contributed by atoms with van der Waals surface area (Å²) in [5, 5.41) is 7.47. The Balaban J connectivity index is 2.83. The van der Waals surface area contributed by atoms with Crippen molar-refractivity contribution >= 4 is 11.8 Å². The summed E-state index contributed by atoms with van der Waals surface area (Å²) in [4.78, 5) is 10.5. The lowest BCUT2D eigenvalue weighted by Gasteiger charge is -1.92. The zero-order valence-corrected chi connectivity index (χ0v) is 6.56. The maximum atomic E-state index is 10.5. The normalized spacial score (nSPS) is 10.4. The highest BCUT2D eigenvalue weighted by molar-refractivity contribution is 5.82. The van der Waals surface area contributed by atoms with Gasteiger partial charge >= 0.3 is 0 Å². The SMILES string of the molecule is Cc1ccn2nnc(C=O)c2c1. The first kappa shape index (κ1) is 6.97. The molecule has 2 rings (SSSR count). The van der Waals surface area contributed by atoms with Crippen LogP contribution in [0, 0.1) is 6.92 Å². The van der Waals surface area contributed by atoms with Crippen LogP contribution in [0.2, 0.25) is 0 Å². The highest BCUT2D eigenvalue weighted by Crippen LogP contribution is 2.07. The van der Waals surface area contributed by atoms with Crippen LogP contribution in [-0.4, -0.2) is 21.1 Å². The van der Waals surface area contributed by atoms with Gasteiger partial charge in [0.25, 0.3) is 0 Å². The summed E-state index contributed by atoms with van der Waals surface area (Å²) < 4.78 is 1.58. The van der Waals surface area contributed by atoms with Gasteiger partial charge in [-0.15, -0.1) is 5.10 Å². The number of nitrogens with zero attached hydrogens (tertiary/aromatic N) is 3. The second kappa shape index (κ2) is 2.41. The fourth-order valence-corrected chi connectivity index (χ4v) is 1.10. The molecule has 0 radical (unpaired) electrons. The molecule has 0 aliphatic carbocycles. The fraction of sp³-hybridized carbons (Fsp3) is 0.125. The lowest BCUT2D eigenvalue weighted by Crippen LogP contribution is -1.86. The van der Waals surface area contributed by atoms with Crippen LogP contribution in [0.5, 0.6) is 0 Å². The van der Waals surface area contributed by atoms with E-state index in [0.717, 1.165) is 11.1 Å². The lowest BCUT2D eigenvalue weighted by atomic mass is 10.2. The third-order valence-corrected chi connectivity index (χ3v) is 1.71. The standard InChI is InChI=1S/C8H7N3O/c1-6-2-3-11-8(4-6)7(5-12)9-10-11/h2-5H,1H3. The number of pyridine rings is 1. The third kappa shape index (κ3) is 0.887. The van der Waals surface area contributed by atoms with Crippen LogP contribution in [0.15, 0.2) is 18.3 Å². The van der Waals surface area contributed by atoms with Crippen molar-refractivity contribution in [1.29, 1.82) is 0 Å². The summed E-state index contributed by atoms with van der Waals surface area (Å²) in [6, 6.07) is 3.79. The van der Waals surface area contributed by atoms with Gasteiger partial charge in [-0.1, -0.05) is 5.21 Å². The predicted molar refractivity (Wildman–Crippen MR) is 43.1 cm³/mol. The molecular weight excluding hydrogens is 154 g/mol. The Morgan fingerprint density at radius 3 is 3.17 bits per heavy atom. The first-order chi connectivity index (χ1) is 5.81. The Labute approximate surface area is 68.8 Å². The Kier molecular flexibility index (Phi) is 1.40. The summed E-state index contributed by atoms with van der Waals surface area (Å²) in [6.45, 7) is 1.96. The molecule has 0 aliphatic heterocycles. The molecule has 0 fully saturated rings. The number of aryl methyl sites for hydroxylation is 1. The van der Waals surface area contributed by atoms with Crippen molar-refractivity contribution in [2.24, 2.45) is 0 Å². The van der Waals surface area contributed by atoms with E-state index in [4.69, 9.17) is 0 Å². The van der Waals surface area contributed by atoms with Crippen molar-refractivity contribution < 1.29 is 4.79 Å². The van der Waals surface area contributed by atoms with Crippen molar-refractivity contribution in [3.05, 3.63) is 29.6 Å². The zero-order valence-electron chi connectivity index (χ0n) is 6.56. The van der Waals surface area contributed by atoms with Crippen molar-refractivity contribution in [1.82, 2.24) is 14.8 Å². The molecule has 0 spiro atoms. The molecule has 0 aliphatic rings. The van der Waals surface area contributed by atoms with Crippen LogP contribution in [0.3, 0.4) is 0 Å². The minimum atomic E-state index is 0.388. The van der Waals surface area contributed by atoms with Gasteiger partial charge in [0.2, 0.25) is 0 Å². The Bertz CT molecular complexity index is 433. The number of hydrogen-bond acceptors (Lipinski definition) is 3. The Morgan fingerprint density at radius 2 is 2.42 bits per heavy atom. The summed E-state index contributed by atoms with van der Waals surface area (Å²) in [7, 11) is 0. The third-order valence-electron chi connectivity index (χ3n) is 1.71. The zero-order chi connectivity index (χ0) is 8.55. The van der Waals surface area contributed by atoms with Gasteiger partial charge in [0.15, 0.2) is 12.0 Å². The number of hydrogen-bond donors (Lipinski definition) is 0. The fourth-order valence-electron chi connectivity index (χ4n) is 1.10. The van der Waals surface area contributed by atoms with Gasteiger partial charge in [0.1, 0.15) is 0 Å². The van der Waals surface area contributed by atoms with Crippen LogP contribution in [0.4, 0.5) is 0 Å². The van der Waals surface area contributed by atoms with Gasteiger partial charge in [-0.3, -0.25) is 4.79 Å². The van der Waals surface area contributed by atoms with E-state index in [9.17, 15) is 4.79 Å². The largest absolute Gasteiger partial charge is 0.296 e. The number of aldehydes is 1. The molecule has 4 nitrogen and oxygen atoms in total. The van der Waals surface area contributed by atoms with E-state index in [1.807, 2.05) is 19.1 Å². The molecule has 0 aromatic carbocycles. The first-order valence-corrected chi connectivity index (χ1v) is 3.58. The number of carbonyl (C=O) groups excluding carboxylic acids is 1. The quantitative estimate of drug-likeness (QED) is 0.582. The topological polar surface area (TPSA) is 47.3 Å². The highest BCUT2D eigenvalue weighted by atomic mass is 16.1.